The number of carbonyl (C=O) groups is 1. The van der Waals surface area contributed by atoms with Gasteiger partial charge < -0.3 is 15.2 Å². The highest BCUT2D eigenvalue weighted by Gasteiger charge is 2.46. The second-order valence-corrected chi connectivity index (χ2v) is 9.91. The second-order valence-electron chi connectivity index (χ2n) is 8.29. The molecular weight excluding hydrogens is 404 g/mol. The summed E-state index contributed by atoms with van der Waals surface area (Å²) in [5.41, 5.74) is -0.754. The van der Waals surface area contributed by atoms with Crippen molar-refractivity contribution in [2.75, 3.05) is 19.6 Å². The van der Waals surface area contributed by atoms with Gasteiger partial charge in [-0.25, -0.2) is 8.42 Å². The highest BCUT2D eigenvalue weighted by atomic mass is 35.5. The number of nitrogens with one attached hydrogen (secondary N) is 3. The topological polar surface area (TPSA) is 113 Å². The molecule has 0 spiro atoms. The van der Waals surface area contributed by atoms with Crippen molar-refractivity contribution in [3.05, 3.63) is 11.5 Å². The molecule has 0 radical (unpaired) electrons. The summed E-state index contributed by atoms with van der Waals surface area (Å²) in [5.74, 6) is 0.00543. The largest absolute Gasteiger partial charge is 0.360 e. The van der Waals surface area contributed by atoms with E-state index in [4.69, 9.17) is 4.52 Å². The minimum atomic E-state index is -3.90. The van der Waals surface area contributed by atoms with Crippen LogP contribution in [0.1, 0.15) is 56.9 Å². The van der Waals surface area contributed by atoms with E-state index in [-0.39, 0.29) is 34.4 Å². The Bertz CT molecular complexity index is 777. The molecule has 2 aliphatic rings. The molecule has 1 saturated carbocycles. The van der Waals surface area contributed by atoms with Crippen LogP contribution in [-0.4, -0.2) is 44.7 Å². The zero-order chi connectivity index (χ0) is 19.7. The van der Waals surface area contributed by atoms with Gasteiger partial charge in [-0.3, -0.25) is 4.79 Å². The number of piperidine rings is 1. The molecule has 1 aliphatic carbocycles. The molecule has 1 amide bonds. The van der Waals surface area contributed by atoms with E-state index >= 15 is 0 Å². The zero-order valence-electron chi connectivity index (χ0n) is 16.8. The molecule has 3 rings (SSSR count). The Kier molecular flexibility index (Phi) is 7.17. The predicted octanol–water partition coefficient (Wildman–Crippen LogP) is 1.81. The molecule has 10 heteroatoms. The van der Waals surface area contributed by atoms with Crippen molar-refractivity contribution < 1.29 is 17.7 Å². The normalized spacial score (nSPS) is 21.1. The third-order valence-corrected chi connectivity index (χ3v) is 7.72. The monoisotopic (exact) mass is 434 g/mol. The lowest BCUT2D eigenvalue weighted by Gasteiger charge is -2.36. The van der Waals surface area contributed by atoms with Crippen molar-refractivity contribution in [2.45, 2.75) is 69.7 Å². The molecule has 160 valence electrons. The SMILES string of the molecule is Cc1noc(C)c1S(=O)(=O)NC1(C(=O)NCC2(C)CCNCC2)CCCC1.Cl. The molecular formula is C18H31ClN4O4S. The number of sulfonamides is 1. The van der Waals surface area contributed by atoms with Crippen molar-refractivity contribution in [2.24, 2.45) is 5.41 Å². The van der Waals surface area contributed by atoms with E-state index in [9.17, 15) is 13.2 Å². The third-order valence-electron chi connectivity index (χ3n) is 5.94. The molecule has 3 N–H and O–H groups in total. The standard InChI is InChI=1S/C18H30N4O4S.ClH/c1-13-15(14(2)26-21-13)27(24,25)22-18(6-4-5-7-18)16(23)20-12-17(3)8-10-19-11-9-17;/h19,22H,4-12H2,1-3H3,(H,20,23);1H. The van der Waals surface area contributed by atoms with Crippen molar-refractivity contribution in [1.82, 2.24) is 20.5 Å². The van der Waals surface area contributed by atoms with Gasteiger partial charge in [0.05, 0.1) is 0 Å². The fourth-order valence-corrected chi connectivity index (χ4v) is 5.95. The van der Waals surface area contributed by atoms with Gasteiger partial charge in [-0.05, 0) is 58.0 Å². The van der Waals surface area contributed by atoms with Crippen LogP contribution < -0.4 is 15.4 Å². The van der Waals surface area contributed by atoms with Crippen LogP contribution in [0.5, 0.6) is 0 Å². The van der Waals surface area contributed by atoms with Crippen LogP contribution in [0, 0.1) is 19.3 Å². The summed E-state index contributed by atoms with van der Waals surface area (Å²) in [6.07, 6.45) is 4.62. The number of aryl methyl sites for hydroxylation is 2. The van der Waals surface area contributed by atoms with Crippen LogP contribution in [0.4, 0.5) is 0 Å². The number of aromatic nitrogens is 1. The van der Waals surface area contributed by atoms with Gasteiger partial charge >= 0.3 is 0 Å². The molecule has 0 unspecified atom stereocenters. The number of rotatable bonds is 6. The van der Waals surface area contributed by atoms with Gasteiger partial charge in [-0.1, -0.05) is 24.9 Å². The first-order chi connectivity index (χ1) is 12.7. The zero-order valence-corrected chi connectivity index (χ0v) is 18.4. The Hall–Kier alpha value is -1.16. The summed E-state index contributed by atoms with van der Waals surface area (Å²) in [6.45, 7) is 7.76. The minimum absolute atomic E-state index is 0. The van der Waals surface area contributed by atoms with Gasteiger partial charge in [-0.15, -0.1) is 12.4 Å². The molecule has 1 aliphatic heterocycles. The Morgan fingerprint density at radius 2 is 1.79 bits per heavy atom. The van der Waals surface area contributed by atoms with E-state index in [1.807, 2.05) is 0 Å². The van der Waals surface area contributed by atoms with Gasteiger partial charge in [-0.2, -0.15) is 4.72 Å². The van der Waals surface area contributed by atoms with Gasteiger partial charge in [0.2, 0.25) is 15.9 Å². The maximum absolute atomic E-state index is 13.1. The summed E-state index contributed by atoms with van der Waals surface area (Å²) in [7, 11) is -3.90. The van der Waals surface area contributed by atoms with Gasteiger partial charge in [0.1, 0.15) is 16.1 Å². The maximum Gasteiger partial charge on any atom is 0.246 e. The fourth-order valence-electron chi connectivity index (χ4n) is 4.19. The Morgan fingerprint density at radius 3 is 2.32 bits per heavy atom. The number of hydrogen-bond acceptors (Lipinski definition) is 6. The second kappa shape index (κ2) is 8.69. The Morgan fingerprint density at radius 1 is 1.18 bits per heavy atom. The van der Waals surface area contributed by atoms with Crippen molar-refractivity contribution in [1.29, 1.82) is 0 Å². The lowest BCUT2D eigenvalue weighted by molar-refractivity contribution is -0.127. The third kappa shape index (κ3) is 4.69. The van der Waals surface area contributed by atoms with Crippen LogP contribution in [0.3, 0.4) is 0 Å². The number of amides is 1. The average Bonchev–Trinajstić information content (AvgIpc) is 3.20. The van der Waals surface area contributed by atoms with Crippen molar-refractivity contribution >= 4 is 28.3 Å². The number of carbonyl (C=O) groups excluding carboxylic acids is 1. The fraction of sp³-hybridized carbons (Fsp3) is 0.778. The molecule has 28 heavy (non-hydrogen) atoms. The summed E-state index contributed by atoms with van der Waals surface area (Å²) < 4.78 is 33.6. The average molecular weight is 435 g/mol. The van der Waals surface area contributed by atoms with Crippen LogP contribution in [0.15, 0.2) is 9.42 Å². The Labute approximate surface area is 173 Å². The summed E-state index contributed by atoms with van der Waals surface area (Å²) >= 11 is 0. The van der Waals surface area contributed by atoms with E-state index in [1.165, 1.54) is 0 Å². The Balaban J connectivity index is 0.00000280. The van der Waals surface area contributed by atoms with E-state index in [1.54, 1.807) is 13.8 Å². The van der Waals surface area contributed by atoms with Gasteiger partial charge in [0.15, 0.2) is 5.76 Å². The van der Waals surface area contributed by atoms with Crippen LogP contribution in [-0.2, 0) is 14.8 Å². The maximum atomic E-state index is 13.1. The predicted molar refractivity (Wildman–Crippen MR) is 108 cm³/mol. The van der Waals surface area contributed by atoms with Crippen molar-refractivity contribution in [3.63, 3.8) is 0 Å². The van der Waals surface area contributed by atoms with Crippen LogP contribution in [0.2, 0.25) is 0 Å². The quantitative estimate of drug-likeness (QED) is 0.629. The first-order valence-electron chi connectivity index (χ1n) is 9.63. The van der Waals surface area contributed by atoms with E-state index < -0.39 is 15.6 Å². The first-order valence-corrected chi connectivity index (χ1v) is 11.1. The molecule has 1 aromatic rings. The van der Waals surface area contributed by atoms with Gasteiger partial charge in [0, 0.05) is 6.54 Å². The molecule has 0 aromatic carbocycles. The molecule has 0 atom stereocenters. The van der Waals surface area contributed by atoms with E-state index in [2.05, 4.69) is 27.4 Å². The highest BCUT2D eigenvalue weighted by molar-refractivity contribution is 7.89. The lowest BCUT2D eigenvalue weighted by atomic mass is 9.81. The molecule has 2 heterocycles. The molecule has 1 saturated heterocycles. The first kappa shape index (κ1) is 23.1. The molecule has 1 aromatic heterocycles. The lowest BCUT2D eigenvalue weighted by Crippen LogP contribution is -2.58. The number of nitrogens with zero attached hydrogens (tertiary/aromatic N) is 1. The van der Waals surface area contributed by atoms with E-state index in [0.29, 0.717) is 25.1 Å². The molecule has 8 nitrogen and oxygen atoms in total. The summed E-state index contributed by atoms with van der Waals surface area (Å²) in [5, 5.41) is 10.1. The summed E-state index contributed by atoms with van der Waals surface area (Å²) in [6, 6.07) is 0. The van der Waals surface area contributed by atoms with Crippen LogP contribution >= 0.6 is 12.4 Å². The highest BCUT2D eigenvalue weighted by Crippen LogP contribution is 2.33. The molecule has 0 bridgehead atoms. The number of halogens is 1. The van der Waals surface area contributed by atoms with Crippen molar-refractivity contribution in [3.8, 4) is 0 Å². The van der Waals surface area contributed by atoms with E-state index in [0.717, 1.165) is 38.8 Å². The van der Waals surface area contributed by atoms with Crippen LogP contribution in [0.25, 0.3) is 0 Å². The number of hydrogen-bond donors (Lipinski definition) is 3. The smallest absolute Gasteiger partial charge is 0.246 e. The molecule has 2 fully saturated rings. The van der Waals surface area contributed by atoms with Gasteiger partial charge in [0.25, 0.3) is 0 Å². The minimum Gasteiger partial charge on any atom is -0.360 e. The summed E-state index contributed by atoms with van der Waals surface area (Å²) in [4.78, 5) is 13.1.